The Balaban J connectivity index is 1.75. The van der Waals surface area contributed by atoms with Crippen molar-refractivity contribution in [2.45, 2.75) is 24.4 Å². The molecule has 1 fully saturated rings. The van der Waals surface area contributed by atoms with Gasteiger partial charge in [0.1, 0.15) is 17.0 Å². The molecule has 2 aromatic rings. The molecular weight excluding hydrogens is 436 g/mol. The molecule has 4 rings (SSSR count). The van der Waals surface area contributed by atoms with Crippen LogP contribution in [0.5, 0.6) is 11.5 Å². The minimum Gasteiger partial charge on any atom is -0.497 e. The smallest absolute Gasteiger partial charge is 0.250 e. The maximum absolute atomic E-state index is 13.5. The summed E-state index contributed by atoms with van der Waals surface area (Å²) in [5.74, 6) is -1.21. The number of benzene rings is 2. The van der Waals surface area contributed by atoms with Gasteiger partial charge in [-0.15, -0.1) is 0 Å². The molecule has 2 heterocycles. The van der Waals surface area contributed by atoms with Gasteiger partial charge in [-0.3, -0.25) is 19.7 Å². The van der Waals surface area contributed by atoms with Gasteiger partial charge in [-0.2, -0.15) is 0 Å². The molecule has 2 aliphatic rings. The van der Waals surface area contributed by atoms with Gasteiger partial charge in [0.05, 0.1) is 25.8 Å². The second-order valence-corrected chi connectivity index (χ2v) is 8.24. The first-order valence-corrected chi connectivity index (χ1v) is 10.4. The van der Waals surface area contributed by atoms with Crippen LogP contribution >= 0.6 is 11.6 Å². The number of ether oxygens (including phenoxy) is 2. The van der Waals surface area contributed by atoms with Crippen molar-refractivity contribution < 1.29 is 23.9 Å². The Morgan fingerprint density at radius 3 is 2.69 bits per heavy atom. The summed E-state index contributed by atoms with van der Waals surface area (Å²) in [5, 5.41) is 9.31. The zero-order chi connectivity index (χ0) is 23.0. The summed E-state index contributed by atoms with van der Waals surface area (Å²) < 4.78 is 10.6. The third-order valence-corrected chi connectivity index (χ3v) is 6.15. The van der Waals surface area contributed by atoms with Crippen LogP contribution in [-0.4, -0.2) is 38.0 Å². The first-order chi connectivity index (χ1) is 15.3. The van der Waals surface area contributed by atoms with Crippen molar-refractivity contribution in [1.82, 2.24) is 5.32 Å². The number of anilines is 2. The number of nitrogens with one attached hydrogen (secondary N) is 3. The normalized spacial score (nSPS) is 23.5. The molecule has 10 heteroatoms. The van der Waals surface area contributed by atoms with Crippen molar-refractivity contribution in [3.8, 4) is 11.5 Å². The molecule has 5 N–H and O–H groups in total. The average molecular weight is 459 g/mol. The van der Waals surface area contributed by atoms with E-state index in [-0.39, 0.29) is 18.7 Å². The molecule has 2 aliphatic heterocycles. The van der Waals surface area contributed by atoms with Gasteiger partial charge in [-0.05, 0) is 36.8 Å². The van der Waals surface area contributed by atoms with E-state index in [9.17, 15) is 14.4 Å². The zero-order valence-electron chi connectivity index (χ0n) is 17.5. The highest BCUT2D eigenvalue weighted by molar-refractivity contribution is 6.31. The number of rotatable bonds is 6. The van der Waals surface area contributed by atoms with E-state index in [0.717, 1.165) is 0 Å². The molecule has 9 nitrogen and oxygen atoms in total. The molecule has 0 aromatic heterocycles. The highest BCUT2D eigenvalue weighted by Gasteiger charge is 2.60. The van der Waals surface area contributed by atoms with Crippen molar-refractivity contribution >= 4 is 40.7 Å². The first kappa shape index (κ1) is 21.9. The number of carbonyl (C=O) groups is 3. The van der Waals surface area contributed by atoms with Crippen LogP contribution < -0.4 is 31.2 Å². The van der Waals surface area contributed by atoms with Crippen LogP contribution in [-0.2, 0) is 19.9 Å². The lowest BCUT2D eigenvalue weighted by Crippen LogP contribution is -2.52. The fourth-order valence-corrected chi connectivity index (χ4v) is 4.71. The number of amides is 3. The van der Waals surface area contributed by atoms with Crippen molar-refractivity contribution in [3.63, 3.8) is 0 Å². The molecule has 2 aromatic carbocycles. The van der Waals surface area contributed by atoms with Gasteiger partial charge in [0.2, 0.25) is 17.7 Å². The maximum atomic E-state index is 13.5. The summed E-state index contributed by atoms with van der Waals surface area (Å²) in [7, 11) is 3.00. The van der Waals surface area contributed by atoms with E-state index in [0.29, 0.717) is 33.5 Å². The van der Waals surface area contributed by atoms with E-state index < -0.39 is 29.3 Å². The zero-order valence-corrected chi connectivity index (χ0v) is 18.3. The number of hydrogen-bond acceptors (Lipinski definition) is 6. The number of nitrogens with two attached hydrogens (primary N) is 1. The molecule has 3 amide bonds. The Morgan fingerprint density at radius 2 is 2.00 bits per heavy atom. The first-order valence-electron chi connectivity index (χ1n) is 9.99. The van der Waals surface area contributed by atoms with E-state index in [1.807, 2.05) is 0 Å². The van der Waals surface area contributed by atoms with Gasteiger partial charge in [0.25, 0.3) is 0 Å². The average Bonchev–Trinajstić information content (AvgIpc) is 3.26. The fraction of sp³-hybridized carbons (Fsp3) is 0.318. The Morgan fingerprint density at radius 1 is 1.22 bits per heavy atom. The lowest BCUT2D eigenvalue weighted by atomic mass is 9.79. The number of methoxy groups -OCH3 is 2. The lowest BCUT2D eigenvalue weighted by Gasteiger charge is -2.29. The second kappa shape index (κ2) is 8.33. The standard InChI is InChI=1S/C22H23ClN4O5/c1-31-13-4-6-18(32-2)17(10-13)25-20(29)15-8-12(9-19(24)28)27-22(15)14-7-11(23)3-5-16(14)26-21(22)30/h3-7,10,12,15,27H,8-9H2,1-2H3,(H2,24,28)(H,25,29)(H,26,30). The predicted molar refractivity (Wildman–Crippen MR) is 119 cm³/mol. The van der Waals surface area contributed by atoms with Crippen molar-refractivity contribution in [2.75, 3.05) is 24.9 Å². The summed E-state index contributed by atoms with van der Waals surface area (Å²) in [6.07, 6.45) is 0.206. The fourth-order valence-electron chi connectivity index (χ4n) is 4.54. The summed E-state index contributed by atoms with van der Waals surface area (Å²) in [5.41, 5.74) is 5.52. The van der Waals surface area contributed by atoms with Crippen LogP contribution in [0.4, 0.5) is 11.4 Å². The molecule has 168 valence electrons. The third-order valence-electron chi connectivity index (χ3n) is 5.92. The highest BCUT2D eigenvalue weighted by atomic mass is 35.5. The Kier molecular flexibility index (Phi) is 5.70. The number of halogens is 1. The highest BCUT2D eigenvalue weighted by Crippen LogP contribution is 2.48. The molecule has 3 unspecified atom stereocenters. The van der Waals surface area contributed by atoms with E-state index in [4.69, 9.17) is 26.8 Å². The maximum Gasteiger partial charge on any atom is 0.250 e. The Labute approximate surface area is 189 Å². The quantitative estimate of drug-likeness (QED) is 0.523. The number of fused-ring (bicyclic) bond motifs is 2. The van der Waals surface area contributed by atoms with Gasteiger partial charge in [0.15, 0.2) is 0 Å². The summed E-state index contributed by atoms with van der Waals surface area (Å²) >= 11 is 6.21. The number of hydrogen-bond donors (Lipinski definition) is 4. The van der Waals surface area contributed by atoms with Crippen LogP contribution in [0.3, 0.4) is 0 Å². The molecule has 0 aliphatic carbocycles. The van der Waals surface area contributed by atoms with E-state index >= 15 is 0 Å². The van der Waals surface area contributed by atoms with Crippen LogP contribution in [0.15, 0.2) is 36.4 Å². The number of primary amides is 1. The number of carbonyl (C=O) groups excluding carboxylic acids is 3. The minimum atomic E-state index is -1.39. The van der Waals surface area contributed by atoms with Crippen molar-refractivity contribution in [2.24, 2.45) is 11.7 Å². The predicted octanol–water partition coefficient (Wildman–Crippen LogP) is 2.00. The minimum absolute atomic E-state index is 0.0167. The summed E-state index contributed by atoms with van der Waals surface area (Å²) in [6.45, 7) is 0. The molecule has 0 saturated carbocycles. The molecule has 0 bridgehead atoms. The summed E-state index contributed by atoms with van der Waals surface area (Å²) in [4.78, 5) is 38.4. The van der Waals surface area contributed by atoms with Crippen LogP contribution in [0.2, 0.25) is 5.02 Å². The second-order valence-electron chi connectivity index (χ2n) is 7.81. The molecule has 0 radical (unpaired) electrons. The molecular formula is C22H23ClN4O5. The SMILES string of the molecule is COc1ccc(OC)c(NC(=O)C2CC(CC(N)=O)NC23C(=O)Nc2ccc(Cl)cc23)c1. The van der Waals surface area contributed by atoms with Crippen LogP contribution in [0.25, 0.3) is 0 Å². The molecule has 1 saturated heterocycles. The largest absolute Gasteiger partial charge is 0.497 e. The third kappa shape index (κ3) is 3.63. The van der Waals surface area contributed by atoms with Gasteiger partial charge in [-0.1, -0.05) is 11.6 Å². The Hall–Kier alpha value is -3.30. The van der Waals surface area contributed by atoms with Gasteiger partial charge >= 0.3 is 0 Å². The van der Waals surface area contributed by atoms with E-state index in [1.54, 1.807) is 36.4 Å². The van der Waals surface area contributed by atoms with Gasteiger partial charge in [0, 0.05) is 34.8 Å². The lowest BCUT2D eigenvalue weighted by molar-refractivity contribution is -0.130. The topological polar surface area (TPSA) is 132 Å². The van der Waals surface area contributed by atoms with E-state index in [2.05, 4.69) is 16.0 Å². The Bertz CT molecular complexity index is 1110. The van der Waals surface area contributed by atoms with Gasteiger partial charge < -0.3 is 25.8 Å². The van der Waals surface area contributed by atoms with Crippen molar-refractivity contribution in [1.29, 1.82) is 0 Å². The monoisotopic (exact) mass is 458 g/mol. The molecule has 3 atom stereocenters. The summed E-state index contributed by atoms with van der Waals surface area (Å²) in [6, 6.07) is 9.54. The van der Waals surface area contributed by atoms with E-state index in [1.165, 1.54) is 14.2 Å². The van der Waals surface area contributed by atoms with Gasteiger partial charge in [-0.25, -0.2) is 0 Å². The molecule has 32 heavy (non-hydrogen) atoms. The van der Waals surface area contributed by atoms with Crippen LogP contribution in [0, 0.1) is 5.92 Å². The van der Waals surface area contributed by atoms with Crippen molar-refractivity contribution in [3.05, 3.63) is 47.0 Å². The molecule has 1 spiro atoms. The van der Waals surface area contributed by atoms with Crippen LogP contribution in [0.1, 0.15) is 18.4 Å².